The molecule has 0 aliphatic rings. The number of ether oxygens (including phenoxy) is 2. The first-order chi connectivity index (χ1) is 8.24. The highest BCUT2D eigenvalue weighted by Crippen LogP contribution is 2.36. The van der Waals surface area contributed by atoms with Gasteiger partial charge < -0.3 is 9.47 Å². The minimum Gasteiger partial charge on any atom is -0.508 e. The van der Waals surface area contributed by atoms with Crippen molar-refractivity contribution < 1.29 is 13.9 Å². The molecule has 0 fully saturated rings. The van der Waals surface area contributed by atoms with Crippen molar-refractivity contribution in [1.82, 2.24) is 4.98 Å². The second kappa shape index (κ2) is 4.80. The molecule has 17 heavy (non-hydrogen) atoms. The summed E-state index contributed by atoms with van der Waals surface area (Å²) in [4.78, 5) is 6.97. The number of thiazole rings is 1. The smallest absolute Gasteiger partial charge is 0.278 e. The Morgan fingerprint density at radius 2 is 2.29 bits per heavy atom. The molecule has 0 saturated heterocycles. The zero-order chi connectivity index (χ0) is 12.3. The molecule has 1 heterocycles. The van der Waals surface area contributed by atoms with E-state index in [0.29, 0.717) is 5.19 Å². The van der Waals surface area contributed by atoms with Crippen molar-refractivity contribution in [3.8, 4) is 16.7 Å². The van der Waals surface area contributed by atoms with Crippen LogP contribution in [0.15, 0.2) is 23.7 Å². The molecule has 0 unspecified atom stereocenters. The Balaban J connectivity index is 2.37. The Morgan fingerprint density at radius 3 is 2.88 bits per heavy atom. The molecule has 1 aromatic carbocycles. The van der Waals surface area contributed by atoms with E-state index in [1.54, 1.807) is 11.6 Å². The van der Waals surface area contributed by atoms with Crippen LogP contribution < -0.4 is 9.47 Å². The van der Waals surface area contributed by atoms with Gasteiger partial charge in [0.05, 0.1) is 13.7 Å². The van der Waals surface area contributed by atoms with E-state index in [1.807, 2.05) is 0 Å². The van der Waals surface area contributed by atoms with Crippen LogP contribution in [-0.4, -0.2) is 12.1 Å². The third-order valence-electron chi connectivity index (χ3n) is 1.95. The summed E-state index contributed by atoms with van der Waals surface area (Å²) in [6.45, 7) is 6.85. The average molecular weight is 250 g/mol. The third kappa shape index (κ3) is 2.34. The maximum absolute atomic E-state index is 13.5. The molecule has 0 atom stereocenters. The normalized spacial score (nSPS) is 9.71. The molecule has 0 N–H and O–H groups in total. The highest BCUT2D eigenvalue weighted by Gasteiger charge is 2.13. The van der Waals surface area contributed by atoms with Gasteiger partial charge in [0, 0.05) is 23.7 Å². The second-order valence-electron chi connectivity index (χ2n) is 2.97. The van der Waals surface area contributed by atoms with Gasteiger partial charge in [-0.3, -0.25) is 0 Å². The number of benzene rings is 1. The summed E-state index contributed by atoms with van der Waals surface area (Å²) in [5.41, 5.74) is -0.154. The monoisotopic (exact) mass is 250 g/mol. The summed E-state index contributed by atoms with van der Waals surface area (Å²) in [5, 5.41) is 2.15. The summed E-state index contributed by atoms with van der Waals surface area (Å²) < 4.78 is 23.8. The number of aromatic nitrogens is 1. The van der Waals surface area contributed by atoms with Crippen LogP contribution in [0.5, 0.6) is 16.7 Å². The summed E-state index contributed by atoms with van der Waals surface area (Å²) in [5.74, 6) is -0.279. The zero-order valence-electron chi connectivity index (χ0n) is 8.81. The highest BCUT2D eigenvalue weighted by atomic mass is 32.1. The molecule has 0 spiro atoms. The van der Waals surface area contributed by atoms with Crippen LogP contribution in [0.4, 0.5) is 10.1 Å². The van der Waals surface area contributed by atoms with E-state index in [4.69, 9.17) is 16.0 Å². The van der Waals surface area contributed by atoms with Gasteiger partial charge in [-0.15, -0.1) is 0 Å². The van der Waals surface area contributed by atoms with Crippen molar-refractivity contribution >= 4 is 17.0 Å². The minimum absolute atomic E-state index is 0.145. The molecule has 2 rings (SSSR count). The van der Waals surface area contributed by atoms with E-state index in [1.165, 1.54) is 24.5 Å². The Kier molecular flexibility index (Phi) is 3.21. The molecule has 0 aliphatic heterocycles. The number of methoxy groups -OCH3 is 1. The van der Waals surface area contributed by atoms with Crippen molar-refractivity contribution in [3.63, 3.8) is 0 Å². The summed E-state index contributed by atoms with van der Waals surface area (Å²) >= 11 is 1.29. The van der Waals surface area contributed by atoms with Crippen molar-refractivity contribution in [3.05, 3.63) is 40.9 Å². The van der Waals surface area contributed by atoms with E-state index in [-0.39, 0.29) is 17.2 Å². The molecule has 0 amide bonds. The maximum Gasteiger partial charge on any atom is 0.278 e. The topological polar surface area (TPSA) is 35.7 Å². The number of hydrogen-bond donors (Lipinski definition) is 0. The van der Waals surface area contributed by atoms with E-state index in [9.17, 15) is 4.39 Å². The summed E-state index contributed by atoms with van der Waals surface area (Å²) in [7, 11) is 1.37. The average Bonchev–Trinajstić information content (AvgIpc) is 2.81. The standard InChI is InChI=1S/C11H7FN2O2S/c1-13-10-8(12)5-7(6-9(10)15-2)16-11-14-3-4-17-11/h3-6H,2H3. The van der Waals surface area contributed by atoms with Crippen LogP contribution in [0.1, 0.15) is 0 Å². The van der Waals surface area contributed by atoms with Crippen molar-refractivity contribution in [1.29, 1.82) is 0 Å². The largest absolute Gasteiger partial charge is 0.508 e. The first kappa shape index (κ1) is 11.4. The molecule has 86 valence electrons. The van der Waals surface area contributed by atoms with Gasteiger partial charge >= 0.3 is 0 Å². The lowest BCUT2D eigenvalue weighted by atomic mass is 10.2. The van der Waals surface area contributed by atoms with Gasteiger partial charge in [0.25, 0.3) is 10.9 Å². The van der Waals surface area contributed by atoms with Crippen LogP contribution in [0, 0.1) is 12.4 Å². The zero-order valence-corrected chi connectivity index (χ0v) is 9.62. The van der Waals surface area contributed by atoms with E-state index >= 15 is 0 Å². The SMILES string of the molecule is [C-]#[N+]c1c(F)cc(Oc2nccs2)cc1OC. The van der Waals surface area contributed by atoms with Crippen molar-refractivity contribution in [2.75, 3.05) is 7.11 Å². The number of hydrogen-bond acceptors (Lipinski definition) is 4. The van der Waals surface area contributed by atoms with E-state index < -0.39 is 5.82 Å². The first-order valence-electron chi connectivity index (χ1n) is 4.57. The van der Waals surface area contributed by atoms with Gasteiger partial charge in [-0.2, -0.15) is 0 Å². The Hall–Kier alpha value is -2.13. The highest BCUT2D eigenvalue weighted by molar-refractivity contribution is 7.11. The predicted molar refractivity (Wildman–Crippen MR) is 61.4 cm³/mol. The molecule has 0 bridgehead atoms. The molecule has 0 aliphatic carbocycles. The lowest BCUT2D eigenvalue weighted by molar-refractivity contribution is 0.407. The quantitative estimate of drug-likeness (QED) is 0.780. The lowest BCUT2D eigenvalue weighted by Gasteiger charge is -2.07. The molecular weight excluding hydrogens is 243 g/mol. The van der Waals surface area contributed by atoms with Crippen LogP contribution in [-0.2, 0) is 0 Å². The first-order valence-corrected chi connectivity index (χ1v) is 5.45. The fraction of sp³-hybridized carbons (Fsp3) is 0.0909. The number of rotatable bonds is 3. The number of nitrogens with zero attached hydrogens (tertiary/aromatic N) is 2. The maximum atomic E-state index is 13.5. The van der Waals surface area contributed by atoms with Crippen molar-refractivity contribution in [2.24, 2.45) is 0 Å². The molecule has 0 saturated carbocycles. The minimum atomic E-state index is -0.675. The van der Waals surface area contributed by atoms with Crippen molar-refractivity contribution in [2.45, 2.75) is 0 Å². The van der Waals surface area contributed by atoms with E-state index in [0.717, 1.165) is 6.07 Å². The van der Waals surface area contributed by atoms with Crippen LogP contribution in [0.2, 0.25) is 0 Å². The lowest BCUT2D eigenvalue weighted by Crippen LogP contribution is -1.89. The van der Waals surface area contributed by atoms with Gasteiger partial charge in [-0.25, -0.2) is 14.2 Å². The molecule has 0 radical (unpaired) electrons. The van der Waals surface area contributed by atoms with Crippen LogP contribution >= 0.6 is 11.3 Å². The van der Waals surface area contributed by atoms with Gasteiger partial charge in [-0.05, 0) is 0 Å². The fourth-order valence-corrected chi connectivity index (χ4v) is 1.74. The number of halogens is 1. The Labute approximate surface area is 101 Å². The molecule has 2 aromatic rings. The second-order valence-corrected chi connectivity index (χ2v) is 3.82. The third-order valence-corrected chi connectivity index (χ3v) is 2.60. The van der Waals surface area contributed by atoms with Gasteiger partial charge in [0.1, 0.15) is 17.3 Å². The predicted octanol–water partition coefficient (Wildman–Crippen LogP) is 3.63. The van der Waals surface area contributed by atoms with Crippen LogP contribution in [0.25, 0.3) is 4.85 Å². The van der Waals surface area contributed by atoms with Gasteiger partial charge in [0.2, 0.25) is 0 Å². The molecule has 4 nitrogen and oxygen atoms in total. The van der Waals surface area contributed by atoms with Gasteiger partial charge in [0.15, 0.2) is 0 Å². The molecule has 1 aromatic heterocycles. The summed E-state index contributed by atoms with van der Waals surface area (Å²) in [6.07, 6.45) is 1.58. The van der Waals surface area contributed by atoms with Crippen LogP contribution in [0.3, 0.4) is 0 Å². The molecule has 6 heteroatoms. The summed E-state index contributed by atoms with van der Waals surface area (Å²) in [6, 6.07) is 2.59. The van der Waals surface area contributed by atoms with E-state index in [2.05, 4.69) is 9.83 Å². The molecular formula is C11H7FN2O2S. The Morgan fingerprint density at radius 1 is 1.47 bits per heavy atom. The van der Waals surface area contributed by atoms with Gasteiger partial charge in [-0.1, -0.05) is 11.3 Å². The Bertz CT molecular complexity index is 564. The fourth-order valence-electron chi connectivity index (χ4n) is 1.23.